The molecule has 3 aromatic rings. The van der Waals surface area contributed by atoms with Gasteiger partial charge in [0.15, 0.2) is 0 Å². The summed E-state index contributed by atoms with van der Waals surface area (Å²) in [6.07, 6.45) is -2.74. The van der Waals surface area contributed by atoms with Crippen molar-refractivity contribution >= 4 is 28.8 Å². The molecule has 0 N–H and O–H groups in total. The van der Waals surface area contributed by atoms with Crippen molar-refractivity contribution in [2.75, 3.05) is 0 Å². The lowest BCUT2D eigenvalue weighted by Crippen LogP contribution is -2.04. The molecule has 4 nitrogen and oxygen atoms in total. The predicted octanol–water partition coefficient (Wildman–Crippen LogP) is 7.04. The van der Waals surface area contributed by atoms with Crippen molar-refractivity contribution in [3.05, 3.63) is 112 Å². The van der Waals surface area contributed by atoms with Crippen molar-refractivity contribution in [3.63, 3.8) is 0 Å². The van der Waals surface area contributed by atoms with E-state index < -0.39 is 16.7 Å². The first-order valence-corrected chi connectivity index (χ1v) is 9.60. The Morgan fingerprint density at radius 3 is 2.30 bits per heavy atom. The lowest BCUT2D eigenvalue weighted by Gasteiger charge is -2.07. The van der Waals surface area contributed by atoms with E-state index in [2.05, 4.69) is 4.99 Å². The average Bonchev–Trinajstić information content (AvgIpc) is 2.73. The summed E-state index contributed by atoms with van der Waals surface area (Å²) < 4.78 is 38.6. The van der Waals surface area contributed by atoms with Gasteiger partial charge in [0.1, 0.15) is 0 Å². The third kappa shape index (κ3) is 5.81. The first-order valence-electron chi connectivity index (χ1n) is 8.72. The van der Waals surface area contributed by atoms with Crippen molar-refractivity contribution < 1.29 is 18.1 Å². The highest BCUT2D eigenvalue weighted by Gasteiger charge is 2.30. The number of aliphatic imine (C=N–C) groups is 1. The molecule has 0 saturated heterocycles. The minimum absolute atomic E-state index is 0.0415. The third-order valence-corrected chi connectivity index (χ3v) is 4.77. The van der Waals surface area contributed by atoms with Gasteiger partial charge in [0, 0.05) is 22.6 Å². The summed E-state index contributed by atoms with van der Waals surface area (Å²) in [5.41, 5.74) is 1.09. The fourth-order valence-electron chi connectivity index (χ4n) is 2.52. The van der Waals surface area contributed by atoms with Crippen LogP contribution in [0.5, 0.6) is 0 Å². The van der Waals surface area contributed by atoms with Gasteiger partial charge in [0.25, 0.3) is 5.69 Å². The molecule has 0 aliphatic rings. The van der Waals surface area contributed by atoms with Crippen LogP contribution in [-0.4, -0.2) is 10.6 Å². The number of hydrogen-bond donors (Lipinski definition) is 0. The zero-order chi connectivity index (χ0) is 21.6. The molecule has 30 heavy (non-hydrogen) atoms. The number of halogens is 3. The Morgan fingerprint density at radius 2 is 1.67 bits per heavy atom. The average molecular weight is 428 g/mol. The summed E-state index contributed by atoms with van der Waals surface area (Å²) in [5, 5.41) is 12.5. The molecule has 0 aliphatic carbocycles. The molecular weight excluding hydrogens is 413 g/mol. The highest BCUT2D eigenvalue weighted by Crippen LogP contribution is 2.32. The van der Waals surface area contributed by atoms with Gasteiger partial charge in [0.2, 0.25) is 0 Å². The van der Waals surface area contributed by atoms with E-state index in [1.807, 2.05) is 18.2 Å². The Bertz CT molecular complexity index is 1080. The van der Waals surface area contributed by atoms with E-state index in [1.165, 1.54) is 18.2 Å². The zero-order valence-electron chi connectivity index (χ0n) is 15.4. The Morgan fingerprint density at radius 1 is 0.967 bits per heavy atom. The van der Waals surface area contributed by atoms with E-state index in [9.17, 15) is 23.3 Å². The van der Waals surface area contributed by atoms with Gasteiger partial charge in [-0.05, 0) is 53.9 Å². The molecule has 0 spiro atoms. The van der Waals surface area contributed by atoms with E-state index in [4.69, 9.17) is 0 Å². The fraction of sp³-hybridized carbons (Fsp3) is 0.0455. The van der Waals surface area contributed by atoms with Crippen LogP contribution in [0.15, 0.2) is 100 Å². The number of thioether (sulfide) groups is 1. The van der Waals surface area contributed by atoms with Gasteiger partial charge in [-0.25, -0.2) is 4.99 Å². The Kier molecular flexibility index (Phi) is 6.68. The van der Waals surface area contributed by atoms with Crippen LogP contribution in [-0.2, 0) is 6.18 Å². The first kappa shape index (κ1) is 21.3. The monoisotopic (exact) mass is 428 g/mol. The van der Waals surface area contributed by atoms with E-state index >= 15 is 0 Å². The molecule has 0 fully saturated rings. The molecule has 0 heterocycles. The Labute approximate surface area is 174 Å². The summed E-state index contributed by atoms with van der Waals surface area (Å²) in [6.45, 7) is 0. The molecule has 0 radical (unpaired) electrons. The maximum atomic E-state index is 12.9. The molecule has 3 rings (SSSR count). The molecule has 0 aliphatic heterocycles. The summed E-state index contributed by atoms with van der Waals surface area (Å²) in [7, 11) is 0. The Balaban J connectivity index is 1.88. The van der Waals surface area contributed by atoms with Gasteiger partial charge in [-0.2, -0.15) is 13.2 Å². The SMILES string of the molecule is O=[N+]([O-])c1ccc(C(C=CSc2cccc(C(F)(F)F)c2)=Nc2ccccc2)cc1. The normalized spacial score (nSPS) is 12.3. The van der Waals surface area contributed by atoms with Crippen LogP contribution in [0, 0.1) is 10.1 Å². The van der Waals surface area contributed by atoms with E-state index in [1.54, 1.807) is 41.8 Å². The quantitative estimate of drug-likeness (QED) is 0.183. The predicted molar refractivity (Wildman–Crippen MR) is 112 cm³/mol. The van der Waals surface area contributed by atoms with Crippen molar-refractivity contribution in [2.45, 2.75) is 11.1 Å². The van der Waals surface area contributed by atoms with Gasteiger partial charge < -0.3 is 0 Å². The topological polar surface area (TPSA) is 55.5 Å². The van der Waals surface area contributed by atoms with E-state index in [0.29, 0.717) is 21.9 Å². The van der Waals surface area contributed by atoms with Gasteiger partial charge in [-0.15, -0.1) is 0 Å². The first-order chi connectivity index (χ1) is 14.3. The van der Waals surface area contributed by atoms with Crippen LogP contribution in [0.3, 0.4) is 0 Å². The molecule has 8 heteroatoms. The Hall–Kier alpha value is -3.39. The number of non-ortho nitro benzene ring substituents is 1. The van der Waals surface area contributed by atoms with Crippen LogP contribution in [0.25, 0.3) is 0 Å². The maximum absolute atomic E-state index is 12.9. The standard InChI is InChI=1S/C22H15F3N2O2S/c23-22(24,25)17-5-4-8-20(15-17)30-14-13-21(26-18-6-2-1-3-7-18)16-9-11-19(12-10-16)27(28)29/h1-15H. The minimum atomic E-state index is -4.40. The smallest absolute Gasteiger partial charge is 0.258 e. The molecule has 3 aromatic carbocycles. The van der Waals surface area contributed by atoms with Crippen LogP contribution < -0.4 is 0 Å². The highest BCUT2D eigenvalue weighted by molar-refractivity contribution is 8.02. The van der Waals surface area contributed by atoms with Gasteiger partial charge >= 0.3 is 6.18 Å². The number of allylic oxidation sites excluding steroid dienone is 1. The molecular formula is C22H15F3N2O2S. The highest BCUT2D eigenvalue weighted by atomic mass is 32.2. The van der Waals surface area contributed by atoms with Crippen LogP contribution >= 0.6 is 11.8 Å². The molecule has 0 bridgehead atoms. The largest absolute Gasteiger partial charge is 0.416 e. The maximum Gasteiger partial charge on any atom is 0.416 e. The van der Waals surface area contributed by atoms with Crippen molar-refractivity contribution in [3.8, 4) is 0 Å². The molecule has 0 atom stereocenters. The lowest BCUT2D eigenvalue weighted by molar-refractivity contribution is -0.384. The molecule has 152 valence electrons. The number of hydrogen-bond acceptors (Lipinski definition) is 4. The molecule has 0 saturated carbocycles. The van der Waals surface area contributed by atoms with Crippen LogP contribution in [0.2, 0.25) is 0 Å². The number of alkyl halides is 3. The third-order valence-electron chi connectivity index (χ3n) is 3.97. The number of nitro groups is 1. The molecule has 0 unspecified atom stereocenters. The summed E-state index contributed by atoms with van der Waals surface area (Å²) in [5.74, 6) is 0. The summed E-state index contributed by atoms with van der Waals surface area (Å²) in [6, 6.07) is 20.1. The summed E-state index contributed by atoms with van der Waals surface area (Å²) >= 11 is 1.12. The van der Waals surface area contributed by atoms with Crippen molar-refractivity contribution in [2.24, 2.45) is 4.99 Å². The number of rotatable bonds is 6. The number of benzene rings is 3. The second-order valence-electron chi connectivity index (χ2n) is 6.08. The number of para-hydroxylation sites is 1. The second kappa shape index (κ2) is 9.41. The van der Waals surface area contributed by atoms with Gasteiger partial charge in [-0.3, -0.25) is 10.1 Å². The molecule has 0 aromatic heterocycles. The molecule has 0 amide bonds. The van der Waals surface area contributed by atoms with Gasteiger partial charge in [-0.1, -0.05) is 36.0 Å². The lowest BCUT2D eigenvalue weighted by atomic mass is 10.1. The minimum Gasteiger partial charge on any atom is -0.258 e. The summed E-state index contributed by atoms with van der Waals surface area (Å²) in [4.78, 5) is 15.4. The van der Waals surface area contributed by atoms with E-state index in [0.717, 1.165) is 23.9 Å². The van der Waals surface area contributed by atoms with Crippen LogP contribution in [0.4, 0.5) is 24.5 Å². The van der Waals surface area contributed by atoms with Crippen LogP contribution in [0.1, 0.15) is 11.1 Å². The van der Waals surface area contributed by atoms with E-state index in [-0.39, 0.29) is 5.69 Å². The number of nitrogens with zero attached hydrogens (tertiary/aromatic N) is 2. The fourth-order valence-corrected chi connectivity index (χ4v) is 3.22. The second-order valence-corrected chi connectivity index (χ2v) is 7.06. The number of nitro benzene ring substituents is 1. The van der Waals surface area contributed by atoms with Crippen molar-refractivity contribution in [1.82, 2.24) is 0 Å². The van der Waals surface area contributed by atoms with Crippen molar-refractivity contribution in [1.29, 1.82) is 0 Å². The van der Waals surface area contributed by atoms with Gasteiger partial charge in [0.05, 0.1) is 21.9 Å². The zero-order valence-corrected chi connectivity index (χ0v) is 16.2.